The lowest BCUT2D eigenvalue weighted by Crippen LogP contribution is -2.37. The summed E-state index contributed by atoms with van der Waals surface area (Å²) < 4.78 is 5.25. The second-order valence-corrected chi connectivity index (χ2v) is 13.8. The third kappa shape index (κ3) is 23.6. The zero-order valence-electron chi connectivity index (χ0n) is 29.6. The molecule has 0 radical (unpaired) electrons. The van der Waals surface area contributed by atoms with Crippen molar-refractivity contribution in [2.45, 2.75) is 239 Å². The van der Waals surface area contributed by atoms with Gasteiger partial charge in [0.1, 0.15) is 12.4 Å². The molecule has 2 nitrogen and oxygen atoms in total. The number of aryl methyl sites for hydroxylation is 2. The van der Waals surface area contributed by atoms with E-state index >= 15 is 0 Å². The molecular weight excluding hydrogens is 508 g/mol. The molecule has 0 spiro atoms. The van der Waals surface area contributed by atoms with E-state index in [-0.39, 0.29) is 0 Å². The summed E-state index contributed by atoms with van der Waals surface area (Å²) in [5.41, 5.74) is 0. The number of unbranched alkanes of at least 4 members (excludes halogenated alkanes) is 28. The van der Waals surface area contributed by atoms with E-state index in [1.807, 2.05) is 0 Å². The molecule has 0 atom stereocenters. The molecule has 0 N–H and O–H groups in total. The van der Waals surface area contributed by atoms with Crippen molar-refractivity contribution in [1.82, 2.24) is 4.57 Å². The van der Waals surface area contributed by atoms with Crippen LogP contribution < -0.4 is 4.57 Å². The smallest absolute Gasteiger partial charge is 0.234 e. The van der Waals surface area contributed by atoms with Crippen LogP contribution >= 0.6 is 0 Å². The molecule has 0 amide bonds. The molecule has 0 aliphatic heterocycles. The number of rotatable bonds is 34. The van der Waals surface area contributed by atoms with Gasteiger partial charge in [-0.1, -0.05) is 188 Å². The van der Waals surface area contributed by atoms with E-state index in [9.17, 15) is 0 Å². The minimum absolute atomic E-state index is 1.23. The summed E-state index contributed by atoms with van der Waals surface area (Å²) in [6.07, 6.45) is 50.4. The van der Waals surface area contributed by atoms with Gasteiger partial charge in [0.15, 0.2) is 0 Å². The highest BCUT2D eigenvalue weighted by molar-refractivity contribution is 4.84. The quantitative estimate of drug-likeness (QED) is 0.0560. The highest BCUT2D eigenvalue weighted by Crippen LogP contribution is 2.15. The van der Waals surface area contributed by atoms with Crippen LogP contribution in [0.3, 0.4) is 0 Å². The predicted molar refractivity (Wildman–Crippen MR) is 188 cm³/mol. The van der Waals surface area contributed by atoms with Crippen LogP contribution in [0.4, 0.5) is 0 Å². The standard InChI is InChI=1S/C40H79N2/c1-4-7-10-13-15-17-19-20-21-22-23-25-27-29-32-35-40-41(36-33-30-12-9-6-3)38-39-42(40)37-34-31-28-26-24-18-16-14-11-8-5-2/h38-39H,4-37H2,1-3H3/q+1. The zero-order valence-corrected chi connectivity index (χ0v) is 29.6. The molecule has 1 aromatic heterocycles. The maximum absolute atomic E-state index is 2.63. The predicted octanol–water partition coefficient (Wildman–Crippen LogP) is 13.5. The van der Waals surface area contributed by atoms with E-state index in [1.54, 1.807) is 5.82 Å². The van der Waals surface area contributed by atoms with Gasteiger partial charge in [-0.05, 0) is 32.1 Å². The molecule has 0 fully saturated rings. The van der Waals surface area contributed by atoms with Gasteiger partial charge in [-0.3, -0.25) is 0 Å². The third-order valence-corrected chi connectivity index (χ3v) is 9.60. The van der Waals surface area contributed by atoms with E-state index in [0.29, 0.717) is 0 Å². The molecule has 1 heterocycles. The summed E-state index contributed by atoms with van der Waals surface area (Å²) in [7, 11) is 0. The minimum atomic E-state index is 1.23. The monoisotopic (exact) mass is 588 g/mol. The van der Waals surface area contributed by atoms with Crippen molar-refractivity contribution < 1.29 is 4.57 Å². The molecule has 0 unspecified atom stereocenters. The van der Waals surface area contributed by atoms with Gasteiger partial charge in [0.05, 0.1) is 13.1 Å². The summed E-state index contributed by atoms with van der Waals surface area (Å²) in [5, 5.41) is 0. The number of nitrogens with zero attached hydrogens (tertiary/aromatic N) is 2. The van der Waals surface area contributed by atoms with Crippen LogP contribution in [0.25, 0.3) is 0 Å². The van der Waals surface area contributed by atoms with Gasteiger partial charge < -0.3 is 0 Å². The van der Waals surface area contributed by atoms with Crippen molar-refractivity contribution in [3.05, 3.63) is 18.2 Å². The normalized spacial score (nSPS) is 11.6. The Morgan fingerprint density at radius 2 is 0.738 bits per heavy atom. The van der Waals surface area contributed by atoms with Crippen LogP contribution in [0.15, 0.2) is 12.4 Å². The Labute approximate surface area is 266 Å². The molecule has 0 saturated carbocycles. The maximum Gasteiger partial charge on any atom is 0.256 e. The van der Waals surface area contributed by atoms with Gasteiger partial charge in [0.25, 0.3) is 5.82 Å². The highest BCUT2D eigenvalue weighted by atomic mass is 15.1. The molecule has 0 aliphatic rings. The van der Waals surface area contributed by atoms with E-state index in [2.05, 4.69) is 42.3 Å². The summed E-state index contributed by atoms with van der Waals surface area (Å²) in [5.74, 6) is 1.62. The van der Waals surface area contributed by atoms with E-state index in [4.69, 9.17) is 0 Å². The molecular formula is C40H79N2+. The molecule has 42 heavy (non-hydrogen) atoms. The van der Waals surface area contributed by atoms with Crippen molar-refractivity contribution >= 4 is 0 Å². The van der Waals surface area contributed by atoms with E-state index in [0.717, 1.165) is 0 Å². The van der Waals surface area contributed by atoms with Crippen LogP contribution in [0, 0.1) is 0 Å². The molecule has 0 bridgehead atoms. The van der Waals surface area contributed by atoms with E-state index < -0.39 is 0 Å². The average Bonchev–Trinajstić information content (AvgIpc) is 3.38. The minimum Gasteiger partial charge on any atom is -0.234 e. The number of hydrogen-bond acceptors (Lipinski definition) is 0. The van der Waals surface area contributed by atoms with Crippen molar-refractivity contribution in [2.75, 3.05) is 0 Å². The number of hydrogen-bond donors (Lipinski definition) is 0. The van der Waals surface area contributed by atoms with Crippen LogP contribution in [0.1, 0.15) is 226 Å². The fraction of sp³-hybridized carbons (Fsp3) is 0.925. The van der Waals surface area contributed by atoms with Gasteiger partial charge in [-0.15, -0.1) is 0 Å². The Bertz CT molecular complexity index is 648. The fourth-order valence-electron chi connectivity index (χ4n) is 6.68. The van der Waals surface area contributed by atoms with Gasteiger partial charge in [-0.25, -0.2) is 9.13 Å². The first-order chi connectivity index (χ1) is 20.8. The van der Waals surface area contributed by atoms with Gasteiger partial charge in [-0.2, -0.15) is 0 Å². The van der Waals surface area contributed by atoms with Crippen molar-refractivity contribution in [3.8, 4) is 0 Å². The Kier molecular flexibility index (Phi) is 29.5. The lowest BCUT2D eigenvalue weighted by atomic mass is 10.0. The van der Waals surface area contributed by atoms with Crippen molar-refractivity contribution in [2.24, 2.45) is 0 Å². The van der Waals surface area contributed by atoms with Gasteiger partial charge >= 0.3 is 0 Å². The van der Waals surface area contributed by atoms with Crippen molar-refractivity contribution in [1.29, 1.82) is 0 Å². The molecule has 0 aromatic carbocycles. The second-order valence-electron chi connectivity index (χ2n) is 13.8. The summed E-state index contributed by atoms with van der Waals surface area (Å²) in [6.45, 7) is 9.40. The Morgan fingerprint density at radius 1 is 0.405 bits per heavy atom. The van der Waals surface area contributed by atoms with Crippen LogP contribution in [0.5, 0.6) is 0 Å². The first-order valence-electron chi connectivity index (χ1n) is 19.9. The molecule has 248 valence electrons. The maximum atomic E-state index is 2.63. The molecule has 0 saturated heterocycles. The number of aromatic nitrogens is 2. The summed E-state index contributed by atoms with van der Waals surface area (Å²) in [4.78, 5) is 0. The van der Waals surface area contributed by atoms with Gasteiger partial charge in [0, 0.05) is 6.42 Å². The first kappa shape index (κ1) is 39.2. The summed E-state index contributed by atoms with van der Waals surface area (Å²) >= 11 is 0. The third-order valence-electron chi connectivity index (χ3n) is 9.60. The average molecular weight is 588 g/mol. The Hall–Kier alpha value is -0.790. The summed E-state index contributed by atoms with van der Waals surface area (Å²) in [6, 6.07) is 0. The Balaban J connectivity index is 2.21. The highest BCUT2D eigenvalue weighted by Gasteiger charge is 2.16. The van der Waals surface area contributed by atoms with Crippen LogP contribution in [0.2, 0.25) is 0 Å². The van der Waals surface area contributed by atoms with Crippen LogP contribution in [-0.4, -0.2) is 4.57 Å². The Morgan fingerprint density at radius 3 is 1.14 bits per heavy atom. The van der Waals surface area contributed by atoms with E-state index in [1.165, 1.54) is 219 Å². The number of imidazole rings is 1. The first-order valence-corrected chi connectivity index (χ1v) is 19.9. The molecule has 1 aromatic rings. The SMILES string of the molecule is CCCCCCCCCCCCCCCCCc1n(CCCCCCCCCCCCC)cc[n+]1CCCCCCC. The topological polar surface area (TPSA) is 8.81 Å². The van der Waals surface area contributed by atoms with Crippen LogP contribution in [-0.2, 0) is 19.5 Å². The van der Waals surface area contributed by atoms with Gasteiger partial charge in [0.2, 0.25) is 0 Å². The second kappa shape index (κ2) is 31.6. The lowest BCUT2D eigenvalue weighted by molar-refractivity contribution is -0.704. The molecule has 0 aliphatic carbocycles. The lowest BCUT2D eigenvalue weighted by Gasteiger charge is -2.07. The largest absolute Gasteiger partial charge is 0.256 e. The fourth-order valence-corrected chi connectivity index (χ4v) is 6.68. The molecule has 2 heteroatoms. The van der Waals surface area contributed by atoms with Crippen molar-refractivity contribution in [3.63, 3.8) is 0 Å². The zero-order chi connectivity index (χ0) is 30.2. The molecule has 1 rings (SSSR count).